The summed E-state index contributed by atoms with van der Waals surface area (Å²) in [6, 6.07) is 0. The number of amides is 1. The molecule has 2 aliphatic heterocycles. The largest absolute Gasteiger partial charge is 0.339 e. The predicted octanol–water partition coefficient (Wildman–Crippen LogP) is 0.539. The van der Waals surface area contributed by atoms with Crippen molar-refractivity contribution in [2.75, 3.05) is 39.8 Å². The van der Waals surface area contributed by atoms with Crippen molar-refractivity contribution in [1.82, 2.24) is 15.1 Å². The first-order chi connectivity index (χ1) is 7.85. The van der Waals surface area contributed by atoms with Crippen LogP contribution in [0.2, 0.25) is 0 Å². The van der Waals surface area contributed by atoms with Gasteiger partial charge in [-0.05, 0) is 40.8 Å². The van der Waals surface area contributed by atoms with Crippen molar-refractivity contribution in [3.05, 3.63) is 0 Å². The maximum absolute atomic E-state index is 12.6. The molecule has 0 bridgehead atoms. The smallest absolute Gasteiger partial charge is 0.229 e. The predicted molar refractivity (Wildman–Crippen MR) is 68.9 cm³/mol. The molecule has 4 nitrogen and oxygen atoms in total. The number of nitrogens with one attached hydrogen (secondary N) is 1. The average Bonchev–Trinajstić information content (AvgIpc) is 2.69. The van der Waals surface area contributed by atoms with E-state index in [9.17, 15) is 4.79 Å². The third-order valence-electron chi connectivity index (χ3n) is 4.49. The molecule has 2 aliphatic rings. The number of hydrogen-bond donors (Lipinski definition) is 1. The second-order valence-electron chi connectivity index (χ2n) is 6.45. The van der Waals surface area contributed by atoms with Crippen LogP contribution in [0.5, 0.6) is 0 Å². The molecule has 2 saturated heterocycles. The van der Waals surface area contributed by atoms with Gasteiger partial charge in [0, 0.05) is 31.7 Å². The van der Waals surface area contributed by atoms with Crippen LogP contribution in [-0.2, 0) is 4.79 Å². The molecule has 1 amide bonds. The molecule has 0 spiro atoms. The highest BCUT2D eigenvalue weighted by atomic mass is 16.2. The minimum Gasteiger partial charge on any atom is -0.339 e. The lowest BCUT2D eigenvalue weighted by molar-refractivity contribution is -0.144. The highest BCUT2D eigenvalue weighted by Gasteiger charge is 2.42. The fraction of sp³-hybridized carbons (Fsp3) is 0.923. The maximum Gasteiger partial charge on any atom is 0.229 e. The first-order valence-electron chi connectivity index (χ1n) is 6.57. The molecule has 0 aromatic rings. The Bertz CT molecular complexity index is 308. The van der Waals surface area contributed by atoms with E-state index in [2.05, 4.69) is 42.9 Å². The molecule has 2 fully saturated rings. The highest BCUT2D eigenvalue weighted by Crippen LogP contribution is 2.29. The fourth-order valence-corrected chi connectivity index (χ4v) is 2.79. The normalized spacial score (nSPS) is 34.0. The van der Waals surface area contributed by atoms with E-state index in [1.54, 1.807) is 0 Å². The Hall–Kier alpha value is -0.610. The zero-order chi connectivity index (χ0) is 12.7. The molecule has 17 heavy (non-hydrogen) atoms. The standard InChI is InChI=1S/C13H25N3O/c1-12(2)10-16(8-7-15(12)4)11(17)13(3)5-6-14-9-13/h14H,5-10H2,1-4H3. The van der Waals surface area contributed by atoms with E-state index in [1.807, 2.05) is 0 Å². The van der Waals surface area contributed by atoms with Gasteiger partial charge < -0.3 is 10.2 Å². The number of carbonyl (C=O) groups excluding carboxylic acids is 1. The van der Waals surface area contributed by atoms with E-state index in [-0.39, 0.29) is 11.0 Å². The van der Waals surface area contributed by atoms with Gasteiger partial charge in [-0.2, -0.15) is 0 Å². The second-order valence-corrected chi connectivity index (χ2v) is 6.45. The third-order valence-corrected chi connectivity index (χ3v) is 4.49. The van der Waals surface area contributed by atoms with Gasteiger partial charge in [0.2, 0.25) is 5.91 Å². The molecule has 0 aromatic carbocycles. The first-order valence-corrected chi connectivity index (χ1v) is 6.57. The molecule has 1 N–H and O–H groups in total. The number of nitrogens with zero attached hydrogens (tertiary/aromatic N) is 2. The summed E-state index contributed by atoms with van der Waals surface area (Å²) in [4.78, 5) is 17.0. The van der Waals surface area contributed by atoms with Crippen LogP contribution in [0.1, 0.15) is 27.2 Å². The van der Waals surface area contributed by atoms with E-state index in [0.29, 0.717) is 5.91 Å². The molecule has 0 radical (unpaired) electrons. The Kier molecular flexibility index (Phi) is 3.21. The van der Waals surface area contributed by atoms with Gasteiger partial charge in [0.25, 0.3) is 0 Å². The SMILES string of the molecule is CN1CCN(C(=O)C2(C)CCNC2)CC1(C)C. The van der Waals surface area contributed by atoms with Crippen LogP contribution in [-0.4, -0.2) is 61.0 Å². The van der Waals surface area contributed by atoms with Gasteiger partial charge in [0.1, 0.15) is 0 Å². The van der Waals surface area contributed by atoms with Crippen molar-refractivity contribution in [3.63, 3.8) is 0 Å². The molecule has 4 heteroatoms. The molecule has 0 saturated carbocycles. The van der Waals surface area contributed by atoms with Crippen LogP contribution in [0.3, 0.4) is 0 Å². The monoisotopic (exact) mass is 239 g/mol. The van der Waals surface area contributed by atoms with E-state index >= 15 is 0 Å². The molecule has 2 heterocycles. The summed E-state index contributed by atoms with van der Waals surface area (Å²) in [6.45, 7) is 11.0. The van der Waals surface area contributed by atoms with Crippen LogP contribution in [0, 0.1) is 5.41 Å². The summed E-state index contributed by atoms with van der Waals surface area (Å²) in [6.07, 6.45) is 0.971. The van der Waals surface area contributed by atoms with Crippen molar-refractivity contribution in [3.8, 4) is 0 Å². The molecule has 1 unspecified atom stereocenters. The Balaban J connectivity index is 2.06. The second kappa shape index (κ2) is 4.25. The number of rotatable bonds is 1. The average molecular weight is 239 g/mol. The molecule has 2 rings (SSSR count). The Morgan fingerprint density at radius 1 is 1.24 bits per heavy atom. The summed E-state index contributed by atoms with van der Waals surface area (Å²) in [7, 11) is 2.14. The van der Waals surface area contributed by atoms with Crippen molar-refractivity contribution in [2.45, 2.75) is 32.7 Å². The number of piperazine rings is 1. The van der Waals surface area contributed by atoms with Crippen LogP contribution < -0.4 is 5.32 Å². The van der Waals surface area contributed by atoms with Crippen molar-refractivity contribution >= 4 is 5.91 Å². The fourth-order valence-electron chi connectivity index (χ4n) is 2.79. The number of carbonyl (C=O) groups is 1. The summed E-state index contributed by atoms with van der Waals surface area (Å²) >= 11 is 0. The van der Waals surface area contributed by atoms with Gasteiger partial charge in [-0.3, -0.25) is 9.69 Å². The lowest BCUT2D eigenvalue weighted by atomic mass is 9.86. The number of hydrogen-bond acceptors (Lipinski definition) is 3. The molecule has 1 atom stereocenters. The Labute approximate surface area is 104 Å². The van der Waals surface area contributed by atoms with Gasteiger partial charge in [0.15, 0.2) is 0 Å². The van der Waals surface area contributed by atoms with Gasteiger partial charge in [-0.1, -0.05) is 0 Å². The van der Waals surface area contributed by atoms with Crippen LogP contribution >= 0.6 is 0 Å². The lowest BCUT2D eigenvalue weighted by Crippen LogP contribution is -2.61. The number of likely N-dealkylation sites (N-methyl/N-ethyl adjacent to an activating group) is 1. The van der Waals surface area contributed by atoms with E-state index < -0.39 is 0 Å². The zero-order valence-electron chi connectivity index (χ0n) is 11.5. The molecule has 0 aliphatic carbocycles. The van der Waals surface area contributed by atoms with E-state index in [4.69, 9.17) is 0 Å². The van der Waals surface area contributed by atoms with Crippen molar-refractivity contribution < 1.29 is 4.79 Å². The van der Waals surface area contributed by atoms with Crippen molar-refractivity contribution in [2.24, 2.45) is 5.41 Å². The Morgan fingerprint density at radius 3 is 2.47 bits per heavy atom. The summed E-state index contributed by atoms with van der Waals surface area (Å²) in [5, 5.41) is 3.30. The molecular weight excluding hydrogens is 214 g/mol. The van der Waals surface area contributed by atoms with Gasteiger partial charge in [-0.15, -0.1) is 0 Å². The minimum atomic E-state index is -0.175. The van der Waals surface area contributed by atoms with Gasteiger partial charge in [0.05, 0.1) is 5.41 Å². The van der Waals surface area contributed by atoms with Crippen LogP contribution in [0.4, 0.5) is 0 Å². The lowest BCUT2D eigenvalue weighted by Gasteiger charge is -2.47. The minimum absolute atomic E-state index is 0.0936. The van der Waals surface area contributed by atoms with Gasteiger partial charge >= 0.3 is 0 Å². The topological polar surface area (TPSA) is 35.6 Å². The molecule has 98 valence electrons. The molecule has 0 aromatic heterocycles. The Morgan fingerprint density at radius 2 is 1.94 bits per heavy atom. The van der Waals surface area contributed by atoms with Crippen molar-refractivity contribution in [1.29, 1.82) is 0 Å². The maximum atomic E-state index is 12.6. The quantitative estimate of drug-likeness (QED) is 0.725. The zero-order valence-corrected chi connectivity index (χ0v) is 11.5. The van der Waals surface area contributed by atoms with Crippen LogP contribution in [0.25, 0.3) is 0 Å². The van der Waals surface area contributed by atoms with Gasteiger partial charge in [-0.25, -0.2) is 0 Å². The first kappa shape index (κ1) is 12.8. The van der Waals surface area contributed by atoms with Crippen LogP contribution in [0.15, 0.2) is 0 Å². The highest BCUT2D eigenvalue weighted by molar-refractivity contribution is 5.83. The summed E-state index contributed by atoms with van der Waals surface area (Å²) < 4.78 is 0. The van der Waals surface area contributed by atoms with E-state index in [1.165, 1.54) is 0 Å². The molecular formula is C13H25N3O. The van der Waals surface area contributed by atoms with E-state index in [0.717, 1.165) is 39.1 Å². The third kappa shape index (κ3) is 2.33. The summed E-state index contributed by atoms with van der Waals surface area (Å²) in [5.74, 6) is 0.337. The summed E-state index contributed by atoms with van der Waals surface area (Å²) in [5.41, 5.74) is -0.0811.